The Morgan fingerprint density at radius 2 is 2.21 bits per heavy atom. The average molecular weight is 285 g/mol. The van der Waals surface area contributed by atoms with Crippen LogP contribution in [-0.2, 0) is 16.0 Å². The first-order valence-corrected chi connectivity index (χ1v) is 6.21. The van der Waals surface area contributed by atoms with Gasteiger partial charge in [-0.3, -0.25) is 4.79 Å². The molecule has 0 N–H and O–H groups in total. The van der Waals surface area contributed by atoms with Crippen LogP contribution in [0.4, 0.5) is 0 Å². The second-order valence-electron chi connectivity index (χ2n) is 3.90. The van der Waals surface area contributed by atoms with Crippen molar-refractivity contribution in [2.45, 2.75) is 13.3 Å². The molecule has 1 aromatic rings. The average Bonchev–Trinajstić information content (AvgIpc) is 2.89. The van der Waals surface area contributed by atoms with Crippen LogP contribution in [0.3, 0.4) is 0 Å². The lowest BCUT2D eigenvalue weighted by molar-refractivity contribution is -0.137. The zero-order valence-electron chi connectivity index (χ0n) is 10.6. The van der Waals surface area contributed by atoms with Crippen molar-refractivity contribution in [3.8, 4) is 11.5 Å². The van der Waals surface area contributed by atoms with E-state index >= 15 is 0 Å². The van der Waals surface area contributed by atoms with Gasteiger partial charge in [-0.1, -0.05) is 11.6 Å². The van der Waals surface area contributed by atoms with E-state index in [-0.39, 0.29) is 17.2 Å². The summed E-state index contributed by atoms with van der Waals surface area (Å²) in [6.45, 7) is 2.24. The van der Waals surface area contributed by atoms with Gasteiger partial charge in [-0.05, 0) is 13.0 Å². The van der Waals surface area contributed by atoms with Crippen molar-refractivity contribution in [2.75, 3.05) is 20.3 Å². The number of methoxy groups -OCH3 is 1. The Bertz CT molecular complexity index is 538. The molecule has 0 saturated heterocycles. The summed E-state index contributed by atoms with van der Waals surface area (Å²) in [6.07, 6.45) is 0.578. The molecule has 0 amide bonds. The topological polar surface area (TPSA) is 61.8 Å². The monoisotopic (exact) mass is 284 g/mol. The van der Waals surface area contributed by atoms with Crippen molar-refractivity contribution in [2.24, 2.45) is 0 Å². The molecule has 19 heavy (non-hydrogen) atoms. The van der Waals surface area contributed by atoms with Crippen molar-refractivity contribution in [1.29, 1.82) is 0 Å². The van der Waals surface area contributed by atoms with E-state index in [2.05, 4.69) is 4.74 Å². The molecule has 1 aliphatic heterocycles. The molecule has 1 aromatic carbocycles. The summed E-state index contributed by atoms with van der Waals surface area (Å²) in [4.78, 5) is 23.5. The first kappa shape index (κ1) is 13.7. The largest absolute Gasteiger partial charge is 0.493 e. The molecule has 1 heterocycles. The number of carbonyl (C=O) groups excluding carboxylic acids is 2. The summed E-state index contributed by atoms with van der Waals surface area (Å²) in [7, 11) is 1.46. The van der Waals surface area contributed by atoms with E-state index in [4.69, 9.17) is 21.1 Å². The molecular formula is C13H13ClO5. The van der Waals surface area contributed by atoms with E-state index in [1.54, 1.807) is 6.92 Å². The van der Waals surface area contributed by atoms with E-state index < -0.39 is 11.8 Å². The molecule has 0 spiro atoms. The SMILES string of the molecule is CCOC(=O)C(=O)c1cc(OC)c2c(c1Cl)CCO2. The van der Waals surface area contributed by atoms with Crippen molar-refractivity contribution in [3.05, 3.63) is 22.2 Å². The van der Waals surface area contributed by atoms with E-state index in [0.29, 0.717) is 30.1 Å². The molecule has 0 radical (unpaired) electrons. The van der Waals surface area contributed by atoms with Crippen LogP contribution in [-0.4, -0.2) is 32.1 Å². The maximum absolute atomic E-state index is 12.0. The van der Waals surface area contributed by atoms with Gasteiger partial charge in [-0.2, -0.15) is 0 Å². The number of ether oxygens (including phenoxy) is 3. The summed E-state index contributed by atoms with van der Waals surface area (Å²) < 4.78 is 15.2. The van der Waals surface area contributed by atoms with Crippen LogP contribution in [0, 0.1) is 0 Å². The summed E-state index contributed by atoms with van der Waals surface area (Å²) >= 11 is 6.16. The van der Waals surface area contributed by atoms with Gasteiger partial charge in [0.1, 0.15) is 0 Å². The van der Waals surface area contributed by atoms with Gasteiger partial charge in [-0.25, -0.2) is 4.79 Å². The summed E-state index contributed by atoms with van der Waals surface area (Å²) in [5, 5.41) is 0.228. The maximum Gasteiger partial charge on any atom is 0.379 e. The van der Waals surface area contributed by atoms with Crippen LogP contribution in [0.5, 0.6) is 11.5 Å². The first-order chi connectivity index (χ1) is 9.10. The highest BCUT2D eigenvalue weighted by Gasteiger charge is 2.29. The second-order valence-corrected chi connectivity index (χ2v) is 4.27. The highest BCUT2D eigenvalue weighted by molar-refractivity contribution is 6.46. The molecule has 102 valence electrons. The molecule has 0 saturated carbocycles. The van der Waals surface area contributed by atoms with Gasteiger partial charge in [0.05, 0.1) is 30.9 Å². The molecule has 0 unspecified atom stereocenters. The van der Waals surface area contributed by atoms with E-state index in [0.717, 1.165) is 0 Å². The maximum atomic E-state index is 12.0. The number of ketones is 1. The summed E-state index contributed by atoms with van der Waals surface area (Å²) in [5.41, 5.74) is 0.773. The normalized spacial score (nSPS) is 12.6. The number of benzene rings is 1. The van der Waals surface area contributed by atoms with Crippen LogP contribution in [0.25, 0.3) is 0 Å². The Balaban J connectivity index is 2.47. The molecule has 5 nitrogen and oxygen atoms in total. The summed E-state index contributed by atoms with van der Waals surface area (Å²) in [6, 6.07) is 1.41. The quantitative estimate of drug-likeness (QED) is 0.481. The zero-order valence-corrected chi connectivity index (χ0v) is 11.4. The molecular weight excluding hydrogens is 272 g/mol. The van der Waals surface area contributed by atoms with Crippen molar-refractivity contribution in [3.63, 3.8) is 0 Å². The highest BCUT2D eigenvalue weighted by Crippen LogP contribution is 2.42. The lowest BCUT2D eigenvalue weighted by atomic mass is 10.0. The Morgan fingerprint density at radius 1 is 1.47 bits per heavy atom. The third-order valence-corrected chi connectivity index (χ3v) is 3.23. The van der Waals surface area contributed by atoms with Gasteiger partial charge in [0.2, 0.25) is 0 Å². The Labute approximate surface area is 115 Å². The van der Waals surface area contributed by atoms with Crippen LogP contribution >= 0.6 is 11.6 Å². The smallest absolute Gasteiger partial charge is 0.379 e. The van der Waals surface area contributed by atoms with Crippen LogP contribution in [0.1, 0.15) is 22.8 Å². The van der Waals surface area contributed by atoms with Crippen LogP contribution in [0.15, 0.2) is 6.07 Å². The minimum Gasteiger partial charge on any atom is -0.493 e. The summed E-state index contributed by atoms with van der Waals surface area (Å²) in [5.74, 6) is -0.775. The number of Topliss-reactive ketones (excluding diaryl/α,β-unsaturated/α-hetero) is 1. The van der Waals surface area contributed by atoms with E-state index in [9.17, 15) is 9.59 Å². The molecule has 0 fully saturated rings. The lowest BCUT2D eigenvalue weighted by Crippen LogP contribution is -2.18. The third-order valence-electron chi connectivity index (χ3n) is 2.80. The zero-order chi connectivity index (χ0) is 14.0. The number of esters is 1. The van der Waals surface area contributed by atoms with E-state index in [1.165, 1.54) is 13.2 Å². The molecule has 0 atom stereocenters. The molecule has 1 aliphatic rings. The molecule has 0 aromatic heterocycles. The Kier molecular flexibility index (Phi) is 3.95. The number of hydrogen-bond acceptors (Lipinski definition) is 5. The predicted molar refractivity (Wildman–Crippen MR) is 68.2 cm³/mol. The number of rotatable bonds is 4. The van der Waals surface area contributed by atoms with Crippen LogP contribution in [0.2, 0.25) is 5.02 Å². The number of fused-ring (bicyclic) bond motifs is 1. The third kappa shape index (κ3) is 2.38. The molecule has 6 heteroatoms. The fourth-order valence-electron chi connectivity index (χ4n) is 1.93. The van der Waals surface area contributed by atoms with Gasteiger partial charge >= 0.3 is 5.97 Å². The van der Waals surface area contributed by atoms with Crippen LogP contribution < -0.4 is 9.47 Å². The van der Waals surface area contributed by atoms with E-state index in [1.807, 2.05) is 0 Å². The second kappa shape index (κ2) is 5.48. The van der Waals surface area contributed by atoms with Crippen molar-refractivity contribution >= 4 is 23.4 Å². The van der Waals surface area contributed by atoms with Crippen molar-refractivity contribution < 1.29 is 23.8 Å². The van der Waals surface area contributed by atoms with Gasteiger partial charge in [0, 0.05) is 12.0 Å². The minimum atomic E-state index is -0.926. The number of carbonyl (C=O) groups is 2. The Hall–Kier alpha value is -1.75. The molecule has 2 rings (SSSR count). The van der Waals surface area contributed by atoms with Crippen molar-refractivity contribution in [1.82, 2.24) is 0 Å². The minimum absolute atomic E-state index is 0.0845. The van der Waals surface area contributed by atoms with Gasteiger partial charge in [-0.15, -0.1) is 0 Å². The Morgan fingerprint density at radius 3 is 2.84 bits per heavy atom. The first-order valence-electron chi connectivity index (χ1n) is 5.83. The molecule has 0 aliphatic carbocycles. The van der Waals surface area contributed by atoms with Gasteiger partial charge in [0.15, 0.2) is 11.5 Å². The predicted octanol–water partition coefficient (Wildman–Crippen LogP) is 2.03. The van der Waals surface area contributed by atoms with Gasteiger partial charge in [0.25, 0.3) is 5.78 Å². The highest BCUT2D eigenvalue weighted by atomic mass is 35.5. The molecule has 0 bridgehead atoms. The van der Waals surface area contributed by atoms with Gasteiger partial charge < -0.3 is 14.2 Å². The number of hydrogen-bond donors (Lipinski definition) is 0. The fourth-order valence-corrected chi connectivity index (χ4v) is 2.25. The number of halogens is 1. The lowest BCUT2D eigenvalue weighted by Gasteiger charge is -2.11. The fraction of sp³-hybridized carbons (Fsp3) is 0.385. The standard InChI is InChI=1S/C13H13ClO5/c1-3-18-13(16)11(15)8-6-9(17-2)12-7(10(8)14)4-5-19-12/h6H,3-5H2,1-2H3.